The van der Waals surface area contributed by atoms with Crippen LogP contribution in [0.3, 0.4) is 0 Å². The van der Waals surface area contributed by atoms with E-state index >= 15 is 0 Å². The van der Waals surface area contributed by atoms with Crippen LogP contribution < -0.4 is 0 Å². The van der Waals surface area contributed by atoms with Crippen molar-refractivity contribution in [3.63, 3.8) is 0 Å². The second kappa shape index (κ2) is 5.36. The molecule has 0 radical (unpaired) electrons. The number of hydrogen-bond donors (Lipinski definition) is 1. The Morgan fingerprint density at radius 3 is 2.42 bits per heavy atom. The molecule has 2 aromatic rings. The van der Waals surface area contributed by atoms with Crippen LogP contribution in [0.5, 0.6) is 5.75 Å². The summed E-state index contributed by atoms with van der Waals surface area (Å²) in [5, 5.41) is 9.03. The van der Waals surface area contributed by atoms with Crippen molar-refractivity contribution < 1.29 is 13.9 Å². The molecule has 19 heavy (non-hydrogen) atoms. The largest absolute Gasteiger partial charge is 0.503 e. The molecule has 0 aliphatic rings. The number of imidazole rings is 1. The van der Waals surface area contributed by atoms with Crippen LogP contribution in [0.25, 0.3) is 0 Å². The minimum absolute atomic E-state index is 0.362. The third-order valence-corrected chi connectivity index (χ3v) is 2.86. The summed E-state index contributed by atoms with van der Waals surface area (Å²) in [6.45, 7) is 0.925. The Labute approximate surface area is 109 Å². The summed E-state index contributed by atoms with van der Waals surface area (Å²) in [5.74, 6) is -1.96. The molecule has 0 fully saturated rings. The van der Waals surface area contributed by atoms with Gasteiger partial charge in [-0.2, -0.15) is 0 Å². The fourth-order valence-electron chi connectivity index (χ4n) is 1.87. The third-order valence-electron chi connectivity index (χ3n) is 2.86. The lowest BCUT2D eigenvalue weighted by atomic mass is 10.2. The molecule has 0 saturated heterocycles. The van der Waals surface area contributed by atoms with Gasteiger partial charge in [0.05, 0.1) is 6.54 Å². The predicted molar refractivity (Wildman–Crippen MR) is 66.4 cm³/mol. The first-order valence-corrected chi connectivity index (χ1v) is 5.79. The molecule has 6 heteroatoms. The van der Waals surface area contributed by atoms with E-state index in [-0.39, 0.29) is 0 Å². The topological polar surface area (TPSA) is 41.3 Å². The number of nitrogens with zero attached hydrogens (tertiary/aromatic N) is 3. The van der Waals surface area contributed by atoms with Gasteiger partial charge in [-0.25, -0.2) is 13.8 Å². The predicted octanol–water partition coefficient (Wildman–Crippen LogP) is 2.04. The maximum atomic E-state index is 13.2. The van der Waals surface area contributed by atoms with Gasteiger partial charge in [-0.15, -0.1) is 0 Å². The molecule has 0 aliphatic heterocycles. The molecule has 0 unspecified atom stereocenters. The smallest absolute Gasteiger partial charge is 0.187 e. The average Bonchev–Trinajstić information content (AvgIpc) is 2.72. The van der Waals surface area contributed by atoms with Crippen molar-refractivity contribution in [2.45, 2.75) is 13.1 Å². The number of benzene rings is 1. The molecule has 0 amide bonds. The van der Waals surface area contributed by atoms with Gasteiger partial charge in [0.15, 0.2) is 17.4 Å². The number of hydrogen-bond acceptors (Lipinski definition) is 3. The monoisotopic (exact) mass is 267 g/mol. The normalized spacial score (nSPS) is 11.2. The zero-order chi connectivity index (χ0) is 14.0. The highest BCUT2D eigenvalue weighted by Crippen LogP contribution is 2.22. The van der Waals surface area contributed by atoms with Gasteiger partial charge in [-0.05, 0) is 24.7 Å². The number of aromatic nitrogens is 2. The Morgan fingerprint density at radius 1 is 1.26 bits per heavy atom. The highest BCUT2D eigenvalue weighted by molar-refractivity contribution is 5.29. The van der Waals surface area contributed by atoms with Crippen LogP contribution in [-0.2, 0) is 20.1 Å². The van der Waals surface area contributed by atoms with E-state index in [0.29, 0.717) is 18.7 Å². The number of phenols is 1. The van der Waals surface area contributed by atoms with Crippen LogP contribution in [0.1, 0.15) is 11.4 Å². The van der Waals surface area contributed by atoms with Crippen LogP contribution in [-0.4, -0.2) is 26.6 Å². The molecule has 1 heterocycles. The molecular formula is C13H15F2N3O. The van der Waals surface area contributed by atoms with Crippen molar-refractivity contribution >= 4 is 0 Å². The lowest BCUT2D eigenvalue weighted by molar-refractivity contribution is 0.305. The summed E-state index contributed by atoms with van der Waals surface area (Å²) in [5.41, 5.74) is 0.463. The van der Waals surface area contributed by atoms with E-state index in [1.165, 1.54) is 0 Å². The highest BCUT2D eigenvalue weighted by atomic mass is 19.1. The zero-order valence-corrected chi connectivity index (χ0v) is 10.8. The van der Waals surface area contributed by atoms with Gasteiger partial charge in [0.1, 0.15) is 5.82 Å². The lowest BCUT2D eigenvalue weighted by Crippen LogP contribution is -2.19. The lowest BCUT2D eigenvalue weighted by Gasteiger charge is -2.16. The number of rotatable bonds is 4. The van der Waals surface area contributed by atoms with Crippen molar-refractivity contribution in [3.05, 3.63) is 47.5 Å². The molecule has 0 saturated carbocycles. The number of aromatic hydroxyl groups is 1. The molecule has 0 atom stereocenters. The van der Waals surface area contributed by atoms with Gasteiger partial charge in [-0.3, -0.25) is 4.90 Å². The van der Waals surface area contributed by atoms with Crippen LogP contribution >= 0.6 is 0 Å². The maximum absolute atomic E-state index is 13.2. The molecule has 2 rings (SSSR count). The van der Waals surface area contributed by atoms with E-state index in [2.05, 4.69) is 4.98 Å². The summed E-state index contributed by atoms with van der Waals surface area (Å²) >= 11 is 0. The minimum Gasteiger partial charge on any atom is -0.503 e. The van der Waals surface area contributed by atoms with Gasteiger partial charge in [-0.1, -0.05) is 0 Å². The third kappa shape index (κ3) is 3.08. The first-order valence-electron chi connectivity index (χ1n) is 5.79. The number of aryl methyl sites for hydroxylation is 1. The van der Waals surface area contributed by atoms with Crippen LogP contribution in [0.15, 0.2) is 24.5 Å². The van der Waals surface area contributed by atoms with Crippen LogP contribution in [0.4, 0.5) is 8.78 Å². The second-order valence-corrected chi connectivity index (χ2v) is 4.53. The Bertz CT molecular complexity index is 560. The van der Waals surface area contributed by atoms with E-state index in [9.17, 15) is 8.78 Å². The second-order valence-electron chi connectivity index (χ2n) is 4.53. The van der Waals surface area contributed by atoms with Crippen molar-refractivity contribution in [1.82, 2.24) is 14.5 Å². The van der Waals surface area contributed by atoms with E-state index < -0.39 is 17.4 Å². The molecule has 1 aromatic heterocycles. The fourth-order valence-corrected chi connectivity index (χ4v) is 1.87. The number of phenolic OH excluding ortho intramolecular Hbond substituents is 1. The van der Waals surface area contributed by atoms with Gasteiger partial charge in [0.2, 0.25) is 0 Å². The zero-order valence-electron chi connectivity index (χ0n) is 10.8. The molecule has 0 bridgehead atoms. The van der Waals surface area contributed by atoms with Gasteiger partial charge in [0.25, 0.3) is 0 Å². The van der Waals surface area contributed by atoms with E-state index in [0.717, 1.165) is 18.0 Å². The van der Waals surface area contributed by atoms with Crippen molar-refractivity contribution in [2.24, 2.45) is 7.05 Å². The SMILES string of the molecule is CN(Cc1cc(F)c(O)c(F)c1)Cc1nccn1C. The van der Waals surface area contributed by atoms with Crippen LogP contribution in [0.2, 0.25) is 0 Å². The Morgan fingerprint density at radius 2 is 1.89 bits per heavy atom. The molecule has 102 valence electrons. The summed E-state index contributed by atoms with van der Waals surface area (Å²) in [6.07, 6.45) is 3.53. The first-order chi connectivity index (χ1) is 8.97. The fraction of sp³-hybridized carbons (Fsp3) is 0.308. The van der Waals surface area contributed by atoms with Gasteiger partial charge >= 0.3 is 0 Å². The average molecular weight is 267 g/mol. The van der Waals surface area contributed by atoms with Crippen molar-refractivity contribution in [1.29, 1.82) is 0 Å². The van der Waals surface area contributed by atoms with Crippen LogP contribution in [0, 0.1) is 11.6 Å². The van der Waals surface area contributed by atoms with E-state index in [4.69, 9.17) is 5.11 Å². The molecule has 0 spiro atoms. The van der Waals surface area contributed by atoms with Crippen molar-refractivity contribution in [3.8, 4) is 5.75 Å². The summed E-state index contributed by atoms with van der Waals surface area (Å²) in [7, 11) is 3.72. The minimum atomic E-state index is -0.944. The first kappa shape index (κ1) is 13.5. The maximum Gasteiger partial charge on any atom is 0.187 e. The quantitative estimate of drug-likeness (QED) is 0.921. The highest BCUT2D eigenvalue weighted by Gasteiger charge is 2.11. The Kier molecular flexibility index (Phi) is 3.80. The van der Waals surface area contributed by atoms with Crippen molar-refractivity contribution in [2.75, 3.05) is 7.05 Å². The Hall–Kier alpha value is -1.95. The molecule has 1 N–H and O–H groups in total. The summed E-state index contributed by atoms with van der Waals surface area (Å²) < 4.78 is 28.3. The van der Waals surface area contributed by atoms with Gasteiger partial charge in [0, 0.05) is 26.0 Å². The van der Waals surface area contributed by atoms with E-state index in [1.54, 1.807) is 6.20 Å². The summed E-state index contributed by atoms with van der Waals surface area (Å²) in [4.78, 5) is 6.06. The molecular weight excluding hydrogens is 252 g/mol. The molecule has 1 aromatic carbocycles. The van der Waals surface area contributed by atoms with Gasteiger partial charge < -0.3 is 9.67 Å². The van der Waals surface area contributed by atoms with E-state index in [1.807, 2.05) is 29.8 Å². The molecule has 4 nitrogen and oxygen atoms in total. The summed E-state index contributed by atoms with van der Waals surface area (Å²) in [6, 6.07) is 2.26. The molecule has 0 aliphatic carbocycles. The standard InChI is InChI=1S/C13H15F2N3O/c1-17(8-12-16-3-4-18(12)2)7-9-5-10(14)13(19)11(15)6-9/h3-6,19H,7-8H2,1-2H3. The number of halogens is 2. The Balaban J connectivity index is 2.07.